The third-order valence-electron chi connectivity index (χ3n) is 6.29. The molecule has 0 radical (unpaired) electrons. The van der Waals surface area contributed by atoms with Crippen LogP contribution in [0.4, 0.5) is 13.2 Å². The molecule has 36 heavy (non-hydrogen) atoms. The molecule has 1 N–H and O–H groups in total. The molecule has 1 fully saturated rings. The van der Waals surface area contributed by atoms with Crippen molar-refractivity contribution in [2.45, 2.75) is 32.1 Å². The van der Waals surface area contributed by atoms with Gasteiger partial charge in [-0.2, -0.15) is 23.3 Å². The van der Waals surface area contributed by atoms with Gasteiger partial charge in [0.15, 0.2) is 5.17 Å². The van der Waals surface area contributed by atoms with Crippen molar-refractivity contribution >= 4 is 51.4 Å². The van der Waals surface area contributed by atoms with Crippen molar-refractivity contribution in [2.75, 3.05) is 19.6 Å². The van der Waals surface area contributed by atoms with E-state index >= 15 is 0 Å². The number of nitrogens with one attached hydrogen (secondary N) is 1. The topological polar surface area (TPSA) is 62.5 Å². The van der Waals surface area contributed by atoms with E-state index in [2.05, 4.69) is 27.2 Å². The Morgan fingerprint density at radius 3 is 2.86 bits per heavy atom. The van der Waals surface area contributed by atoms with Crippen LogP contribution in [-0.4, -0.2) is 51.4 Å². The van der Waals surface area contributed by atoms with E-state index in [1.54, 1.807) is 18.3 Å². The molecule has 6 nitrogen and oxygen atoms in total. The van der Waals surface area contributed by atoms with Gasteiger partial charge in [0, 0.05) is 36.1 Å². The summed E-state index contributed by atoms with van der Waals surface area (Å²) in [7, 11) is 0. The zero-order chi connectivity index (χ0) is 25.4. The van der Waals surface area contributed by atoms with E-state index in [1.165, 1.54) is 28.6 Å². The molecule has 3 heterocycles. The summed E-state index contributed by atoms with van der Waals surface area (Å²) in [6.07, 6.45) is -0.107. The van der Waals surface area contributed by atoms with Gasteiger partial charge in [0.25, 0.3) is 5.91 Å². The smallest absolute Gasteiger partial charge is 0.348 e. The van der Waals surface area contributed by atoms with E-state index in [4.69, 9.17) is 11.6 Å². The Labute approximate surface area is 215 Å². The summed E-state index contributed by atoms with van der Waals surface area (Å²) in [4.78, 5) is 19.5. The summed E-state index contributed by atoms with van der Waals surface area (Å²) in [6.45, 7) is 4.55. The highest BCUT2D eigenvalue weighted by Gasteiger charge is 2.34. The van der Waals surface area contributed by atoms with E-state index < -0.39 is 11.7 Å². The fourth-order valence-electron chi connectivity index (χ4n) is 4.39. The molecule has 2 aromatic carbocycles. The second-order valence-corrected chi connectivity index (χ2v) is 10.2. The third kappa shape index (κ3) is 5.16. The summed E-state index contributed by atoms with van der Waals surface area (Å²) < 4.78 is 42.0. The Balaban J connectivity index is 1.35. The van der Waals surface area contributed by atoms with Crippen LogP contribution in [0.3, 0.4) is 0 Å². The van der Waals surface area contributed by atoms with E-state index in [0.717, 1.165) is 48.2 Å². The molecule has 188 valence electrons. The lowest BCUT2D eigenvalue weighted by molar-refractivity contribution is -0.138. The van der Waals surface area contributed by atoms with Gasteiger partial charge in [-0.25, -0.2) is 0 Å². The summed E-state index contributed by atoms with van der Waals surface area (Å²) in [5.41, 5.74) is 0.791. The monoisotopic (exact) mass is 533 g/mol. The second kappa shape index (κ2) is 9.91. The largest absolute Gasteiger partial charge is 0.416 e. The van der Waals surface area contributed by atoms with E-state index in [-0.39, 0.29) is 23.0 Å². The molecule has 1 amide bonds. The molecule has 1 saturated heterocycles. The number of amides is 1. The minimum atomic E-state index is -4.52. The molecular weight excluding hydrogens is 511 g/mol. The first-order chi connectivity index (χ1) is 17.2. The molecule has 1 aromatic heterocycles. The molecule has 1 unspecified atom stereocenters. The van der Waals surface area contributed by atoms with Crippen LogP contribution in [0.2, 0.25) is 5.02 Å². The minimum absolute atomic E-state index is 0.0303. The fourth-order valence-corrected chi connectivity index (χ4v) is 5.51. The second-order valence-electron chi connectivity index (χ2n) is 8.74. The number of aromatic nitrogens is 2. The van der Waals surface area contributed by atoms with Gasteiger partial charge in [-0.1, -0.05) is 30.7 Å². The van der Waals surface area contributed by atoms with Gasteiger partial charge in [-0.05, 0) is 59.7 Å². The Morgan fingerprint density at radius 2 is 2.08 bits per heavy atom. The normalized spacial score (nSPS) is 20.0. The number of aliphatic imine (C=N–C) groups is 1. The van der Waals surface area contributed by atoms with Crippen molar-refractivity contribution in [1.82, 2.24) is 20.0 Å². The predicted molar refractivity (Wildman–Crippen MR) is 137 cm³/mol. The first-order valence-electron chi connectivity index (χ1n) is 11.5. The van der Waals surface area contributed by atoms with Crippen molar-refractivity contribution in [3.8, 4) is 0 Å². The van der Waals surface area contributed by atoms with Crippen LogP contribution in [0.15, 0.2) is 52.5 Å². The number of benzene rings is 2. The average Bonchev–Trinajstić information content (AvgIpc) is 3.42. The summed E-state index contributed by atoms with van der Waals surface area (Å²) >= 11 is 7.17. The molecule has 5 rings (SSSR count). The molecule has 11 heteroatoms. The average molecular weight is 534 g/mol. The maximum absolute atomic E-state index is 13.5. The van der Waals surface area contributed by atoms with Crippen LogP contribution in [0.5, 0.6) is 0 Å². The number of amidine groups is 1. The molecule has 3 aromatic rings. The zero-order valence-electron chi connectivity index (χ0n) is 19.3. The highest BCUT2D eigenvalue weighted by atomic mass is 35.5. The molecule has 0 aliphatic carbocycles. The Morgan fingerprint density at radius 1 is 1.25 bits per heavy atom. The van der Waals surface area contributed by atoms with Gasteiger partial charge in [0.2, 0.25) is 0 Å². The SMILES string of the molecule is CCC1CN(C2=NC(=O)C(=Cc3ccc4c(cnn4Cc4ccc(Cl)cc4C(F)(F)F)c3)S2)CCN1. The maximum atomic E-state index is 13.5. The van der Waals surface area contributed by atoms with Crippen molar-refractivity contribution in [3.63, 3.8) is 0 Å². The number of alkyl halides is 3. The molecule has 1 atom stereocenters. The molecule has 0 saturated carbocycles. The highest BCUT2D eigenvalue weighted by Crippen LogP contribution is 2.35. The van der Waals surface area contributed by atoms with Crippen LogP contribution in [0.25, 0.3) is 17.0 Å². The quantitative estimate of drug-likeness (QED) is 0.454. The van der Waals surface area contributed by atoms with Crippen LogP contribution in [0.1, 0.15) is 30.0 Å². The lowest BCUT2D eigenvalue weighted by Gasteiger charge is -2.33. The van der Waals surface area contributed by atoms with E-state index in [0.29, 0.717) is 16.5 Å². The first-order valence-corrected chi connectivity index (χ1v) is 12.7. The van der Waals surface area contributed by atoms with Crippen molar-refractivity contribution in [1.29, 1.82) is 0 Å². The summed E-state index contributed by atoms with van der Waals surface area (Å²) in [5.74, 6) is -0.264. The molecular formula is C25H23ClF3N5OS. The molecule has 2 aliphatic rings. The summed E-state index contributed by atoms with van der Waals surface area (Å²) in [5, 5.41) is 9.27. The predicted octanol–water partition coefficient (Wildman–Crippen LogP) is 5.41. The third-order valence-corrected chi connectivity index (χ3v) is 7.57. The highest BCUT2D eigenvalue weighted by molar-refractivity contribution is 8.18. The van der Waals surface area contributed by atoms with Crippen molar-refractivity contribution in [3.05, 3.63) is 69.2 Å². The standard InChI is InChI=1S/C25H23ClF3N5OS/c1-2-19-14-33(8-7-30-19)24-32-23(35)22(36-24)10-15-3-6-21-17(9-15)12-31-34(21)13-16-4-5-18(26)11-20(16)25(27,28)29/h3-6,9-12,19,30H,2,7-8,13-14H2,1H3. The van der Waals surface area contributed by atoms with Gasteiger partial charge in [-0.15, -0.1) is 0 Å². The Kier molecular flexibility index (Phi) is 6.84. The first kappa shape index (κ1) is 24.9. The van der Waals surface area contributed by atoms with Crippen LogP contribution in [0, 0.1) is 0 Å². The lowest BCUT2D eigenvalue weighted by Crippen LogP contribution is -2.51. The van der Waals surface area contributed by atoms with E-state index in [9.17, 15) is 18.0 Å². The van der Waals surface area contributed by atoms with Gasteiger partial charge in [0.1, 0.15) is 0 Å². The lowest BCUT2D eigenvalue weighted by atomic mass is 10.1. The maximum Gasteiger partial charge on any atom is 0.416 e. The number of rotatable bonds is 4. The van der Waals surface area contributed by atoms with Crippen LogP contribution in [-0.2, 0) is 17.5 Å². The fraction of sp³-hybridized carbons (Fsp3) is 0.320. The number of hydrogen-bond acceptors (Lipinski definition) is 5. The van der Waals surface area contributed by atoms with Gasteiger partial charge in [-0.3, -0.25) is 9.48 Å². The molecule has 2 aliphatic heterocycles. The van der Waals surface area contributed by atoms with Gasteiger partial charge >= 0.3 is 6.18 Å². The Hall–Kier alpha value is -2.82. The van der Waals surface area contributed by atoms with Crippen molar-refractivity contribution < 1.29 is 18.0 Å². The Bertz CT molecular complexity index is 1380. The number of thioether (sulfide) groups is 1. The summed E-state index contributed by atoms with van der Waals surface area (Å²) in [6, 6.07) is 9.61. The zero-order valence-corrected chi connectivity index (χ0v) is 20.9. The van der Waals surface area contributed by atoms with E-state index in [1.807, 2.05) is 12.1 Å². The molecule has 0 bridgehead atoms. The minimum Gasteiger partial charge on any atom is -0.348 e. The van der Waals surface area contributed by atoms with Crippen LogP contribution < -0.4 is 5.32 Å². The number of fused-ring (bicyclic) bond motifs is 1. The van der Waals surface area contributed by atoms with Gasteiger partial charge in [0.05, 0.1) is 28.7 Å². The number of halogens is 4. The van der Waals surface area contributed by atoms with Gasteiger partial charge < -0.3 is 10.2 Å². The number of carbonyl (C=O) groups is 1. The number of hydrogen-bond donors (Lipinski definition) is 1. The molecule has 0 spiro atoms. The number of piperazine rings is 1. The van der Waals surface area contributed by atoms with Crippen molar-refractivity contribution in [2.24, 2.45) is 4.99 Å². The number of carbonyl (C=O) groups excluding carboxylic acids is 1. The van der Waals surface area contributed by atoms with Crippen LogP contribution >= 0.6 is 23.4 Å². The number of nitrogens with zero attached hydrogens (tertiary/aromatic N) is 4.